The SMILES string of the molecule is Nc1ccc(C(=O)OCc2cc3c(cc2Br)OCCO3)cc1[N+](=O)[O-]. The fourth-order valence-corrected chi connectivity index (χ4v) is 2.71. The zero-order chi connectivity index (χ0) is 18.0. The standard InChI is InChI=1S/C16H13BrN2O6/c17-11-7-15-14(23-3-4-24-15)6-10(11)8-25-16(20)9-1-2-12(18)13(5-9)19(21)22/h1-2,5-7H,3-4,8,18H2. The molecule has 0 spiro atoms. The average Bonchev–Trinajstić information content (AvgIpc) is 2.59. The van der Waals surface area contributed by atoms with Gasteiger partial charge in [0, 0.05) is 16.1 Å². The molecule has 0 aliphatic carbocycles. The number of esters is 1. The maximum Gasteiger partial charge on any atom is 0.338 e. The summed E-state index contributed by atoms with van der Waals surface area (Å²) in [6.07, 6.45) is 0. The van der Waals surface area contributed by atoms with Crippen LogP contribution in [0.1, 0.15) is 15.9 Å². The highest BCUT2D eigenvalue weighted by Gasteiger charge is 2.18. The smallest absolute Gasteiger partial charge is 0.338 e. The second kappa shape index (κ2) is 6.98. The first kappa shape index (κ1) is 17.0. The number of nitrogens with two attached hydrogens (primary N) is 1. The van der Waals surface area contributed by atoms with Crippen LogP contribution >= 0.6 is 15.9 Å². The van der Waals surface area contributed by atoms with Crippen LogP contribution in [0.15, 0.2) is 34.8 Å². The summed E-state index contributed by atoms with van der Waals surface area (Å²) in [5.41, 5.74) is 5.89. The number of fused-ring (bicyclic) bond motifs is 1. The normalized spacial score (nSPS) is 12.5. The van der Waals surface area contributed by atoms with E-state index >= 15 is 0 Å². The van der Waals surface area contributed by atoms with Crippen molar-refractivity contribution in [1.82, 2.24) is 0 Å². The molecule has 0 fully saturated rings. The van der Waals surface area contributed by atoms with Gasteiger partial charge in [0.05, 0.1) is 10.5 Å². The van der Waals surface area contributed by atoms with E-state index in [4.69, 9.17) is 19.9 Å². The number of nitro benzene ring substituents is 1. The number of anilines is 1. The highest BCUT2D eigenvalue weighted by molar-refractivity contribution is 9.10. The lowest BCUT2D eigenvalue weighted by molar-refractivity contribution is -0.383. The van der Waals surface area contributed by atoms with Gasteiger partial charge in [0.25, 0.3) is 5.69 Å². The predicted molar refractivity (Wildman–Crippen MR) is 91.8 cm³/mol. The second-order valence-corrected chi connectivity index (χ2v) is 6.05. The van der Waals surface area contributed by atoms with E-state index in [-0.39, 0.29) is 23.5 Å². The maximum atomic E-state index is 12.1. The van der Waals surface area contributed by atoms with Crippen LogP contribution in [0.2, 0.25) is 0 Å². The van der Waals surface area contributed by atoms with E-state index in [1.54, 1.807) is 12.1 Å². The van der Waals surface area contributed by atoms with Crippen LogP contribution in [0.4, 0.5) is 11.4 Å². The molecule has 8 nitrogen and oxygen atoms in total. The summed E-state index contributed by atoms with van der Waals surface area (Å²) in [4.78, 5) is 22.4. The summed E-state index contributed by atoms with van der Waals surface area (Å²) < 4.78 is 16.9. The minimum absolute atomic E-state index is 0.0175. The van der Waals surface area contributed by atoms with Crippen LogP contribution in [-0.2, 0) is 11.3 Å². The first-order valence-electron chi connectivity index (χ1n) is 7.25. The first-order valence-corrected chi connectivity index (χ1v) is 8.04. The fraction of sp³-hybridized carbons (Fsp3) is 0.188. The molecule has 0 radical (unpaired) electrons. The predicted octanol–water partition coefficient (Wildman–Crippen LogP) is 3.07. The van der Waals surface area contributed by atoms with Crippen LogP contribution in [0.25, 0.3) is 0 Å². The number of benzene rings is 2. The first-order chi connectivity index (χ1) is 12.0. The Kier molecular flexibility index (Phi) is 4.75. The summed E-state index contributed by atoms with van der Waals surface area (Å²) in [6.45, 7) is 0.890. The van der Waals surface area contributed by atoms with Crippen molar-refractivity contribution >= 4 is 33.3 Å². The van der Waals surface area contributed by atoms with E-state index in [1.807, 2.05) is 0 Å². The van der Waals surface area contributed by atoms with Crippen molar-refractivity contribution < 1.29 is 23.9 Å². The highest BCUT2D eigenvalue weighted by atomic mass is 79.9. The van der Waals surface area contributed by atoms with Crippen molar-refractivity contribution in [2.24, 2.45) is 0 Å². The van der Waals surface area contributed by atoms with E-state index < -0.39 is 10.9 Å². The van der Waals surface area contributed by atoms with Gasteiger partial charge in [-0.05, 0) is 24.3 Å². The lowest BCUT2D eigenvalue weighted by atomic mass is 10.1. The molecule has 9 heteroatoms. The zero-order valence-electron chi connectivity index (χ0n) is 12.9. The molecule has 0 bridgehead atoms. The zero-order valence-corrected chi connectivity index (χ0v) is 14.4. The molecule has 1 aliphatic heterocycles. The van der Waals surface area contributed by atoms with E-state index in [1.165, 1.54) is 12.1 Å². The van der Waals surface area contributed by atoms with Gasteiger partial charge in [-0.3, -0.25) is 10.1 Å². The molecule has 25 heavy (non-hydrogen) atoms. The number of carbonyl (C=O) groups is 1. The van der Waals surface area contributed by atoms with Crippen molar-refractivity contribution in [2.45, 2.75) is 6.61 Å². The molecule has 0 saturated carbocycles. The number of nitro groups is 1. The highest BCUT2D eigenvalue weighted by Crippen LogP contribution is 2.36. The van der Waals surface area contributed by atoms with Crippen LogP contribution in [-0.4, -0.2) is 24.1 Å². The number of rotatable bonds is 4. The molecule has 2 aromatic rings. The Balaban J connectivity index is 1.74. The molecule has 0 unspecified atom stereocenters. The van der Waals surface area contributed by atoms with Crippen molar-refractivity contribution in [3.05, 3.63) is 56.0 Å². The molecule has 0 saturated heterocycles. The summed E-state index contributed by atoms with van der Waals surface area (Å²) in [5, 5.41) is 10.9. The number of halogens is 1. The maximum absolute atomic E-state index is 12.1. The second-order valence-electron chi connectivity index (χ2n) is 5.19. The average molecular weight is 409 g/mol. The van der Waals surface area contributed by atoms with Gasteiger partial charge in [-0.1, -0.05) is 15.9 Å². The van der Waals surface area contributed by atoms with Gasteiger partial charge in [-0.25, -0.2) is 4.79 Å². The summed E-state index contributed by atoms with van der Waals surface area (Å²) in [6, 6.07) is 7.23. The van der Waals surface area contributed by atoms with Gasteiger partial charge in [-0.2, -0.15) is 0 Å². The van der Waals surface area contributed by atoms with Crippen molar-refractivity contribution in [3.63, 3.8) is 0 Å². The monoisotopic (exact) mass is 408 g/mol. The number of carbonyl (C=O) groups excluding carboxylic acids is 1. The molecule has 130 valence electrons. The molecule has 0 atom stereocenters. The Morgan fingerprint density at radius 1 is 1.24 bits per heavy atom. The van der Waals surface area contributed by atoms with Gasteiger partial charge in [0.15, 0.2) is 11.5 Å². The Hall–Kier alpha value is -2.81. The Labute approximate surface area is 150 Å². The fourth-order valence-electron chi connectivity index (χ4n) is 2.27. The van der Waals surface area contributed by atoms with Crippen molar-refractivity contribution in [3.8, 4) is 11.5 Å². The largest absolute Gasteiger partial charge is 0.486 e. The minimum Gasteiger partial charge on any atom is -0.486 e. The Bertz CT molecular complexity index is 855. The Morgan fingerprint density at radius 2 is 1.92 bits per heavy atom. The van der Waals surface area contributed by atoms with Crippen LogP contribution in [0, 0.1) is 10.1 Å². The molecule has 1 heterocycles. The van der Waals surface area contributed by atoms with Gasteiger partial charge < -0.3 is 19.9 Å². The number of hydrogen-bond acceptors (Lipinski definition) is 7. The number of ether oxygens (including phenoxy) is 3. The van der Waals surface area contributed by atoms with Gasteiger partial charge in [0.2, 0.25) is 0 Å². The number of hydrogen-bond donors (Lipinski definition) is 1. The van der Waals surface area contributed by atoms with E-state index in [0.29, 0.717) is 34.7 Å². The summed E-state index contributed by atoms with van der Waals surface area (Å²) in [5.74, 6) is 0.496. The molecule has 1 aliphatic rings. The summed E-state index contributed by atoms with van der Waals surface area (Å²) >= 11 is 3.39. The molecule has 0 aromatic heterocycles. The van der Waals surface area contributed by atoms with Gasteiger partial charge in [0.1, 0.15) is 25.5 Å². The molecule has 3 rings (SSSR count). The van der Waals surface area contributed by atoms with E-state index in [0.717, 1.165) is 6.07 Å². The molecular weight excluding hydrogens is 396 g/mol. The lowest BCUT2D eigenvalue weighted by Crippen LogP contribution is -2.15. The van der Waals surface area contributed by atoms with Gasteiger partial charge >= 0.3 is 5.97 Å². The van der Waals surface area contributed by atoms with Crippen LogP contribution in [0.3, 0.4) is 0 Å². The topological polar surface area (TPSA) is 114 Å². The third-order valence-electron chi connectivity index (χ3n) is 3.53. The quantitative estimate of drug-likeness (QED) is 0.357. The number of nitrogens with zero attached hydrogens (tertiary/aromatic N) is 1. The van der Waals surface area contributed by atoms with Crippen molar-refractivity contribution in [2.75, 3.05) is 18.9 Å². The van der Waals surface area contributed by atoms with Crippen LogP contribution in [0.5, 0.6) is 11.5 Å². The minimum atomic E-state index is -0.690. The molecule has 2 N–H and O–H groups in total. The van der Waals surface area contributed by atoms with Crippen molar-refractivity contribution in [1.29, 1.82) is 0 Å². The van der Waals surface area contributed by atoms with E-state index in [2.05, 4.69) is 15.9 Å². The lowest BCUT2D eigenvalue weighted by Gasteiger charge is -2.19. The number of nitrogen functional groups attached to an aromatic ring is 1. The molecular formula is C16H13BrN2O6. The molecule has 2 aromatic carbocycles. The third kappa shape index (κ3) is 3.66. The molecule has 0 amide bonds. The van der Waals surface area contributed by atoms with Gasteiger partial charge in [-0.15, -0.1) is 0 Å². The summed E-state index contributed by atoms with van der Waals surface area (Å²) in [7, 11) is 0. The third-order valence-corrected chi connectivity index (χ3v) is 4.27. The van der Waals surface area contributed by atoms with Crippen LogP contribution < -0.4 is 15.2 Å². The Morgan fingerprint density at radius 3 is 2.60 bits per heavy atom. The van der Waals surface area contributed by atoms with E-state index in [9.17, 15) is 14.9 Å².